The van der Waals surface area contributed by atoms with E-state index in [1.807, 2.05) is 0 Å². The van der Waals surface area contributed by atoms with Gasteiger partial charge >= 0.3 is 5.97 Å². The van der Waals surface area contributed by atoms with Gasteiger partial charge in [-0.3, -0.25) is 0 Å². The number of benzene rings is 1. The van der Waals surface area contributed by atoms with Crippen molar-refractivity contribution in [2.24, 2.45) is 0 Å². The van der Waals surface area contributed by atoms with Crippen LogP contribution >= 0.6 is 23.2 Å². The van der Waals surface area contributed by atoms with Gasteiger partial charge < -0.3 is 5.11 Å². The Bertz CT molecular complexity index is 797. The third-order valence-electron chi connectivity index (χ3n) is 2.33. The molecule has 1 aromatic heterocycles. The highest BCUT2D eigenvalue weighted by Gasteiger charge is 2.23. The Kier molecular flexibility index (Phi) is 4.31. The van der Waals surface area contributed by atoms with Crippen molar-refractivity contribution in [1.29, 1.82) is 0 Å². The van der Waals surface area contributed by atoms with Gasteiger partial charge in [-0.1, -0.05) is 23.2 Å². The largest absolute Gasteiger partial charge is 0.478 e. The van der Waals surface area contributed by atoms with Crippen molar-refractivity contribution in [3.05, 3.63) is 46.2 Å². The molecule has 7 nitrogen and oxygen atoms in total. The van der Waals surface area contributed by atoms with Gasteiger partial charge in [0.2, 0.25) is 5.95 Å². The lowest BCUT2D eigenvalue weighted by molar-refractivity contribution is 0.0697. The minimum absolute atomic E-state index is 0.164. The van der Waals surface area contributed by atoms with Crippen LogP contribution in [0.4, 0.5) is 5.95 Å². The van der Waals surface area contributed by atoms with Gasteiger partial charge in [-0.2, -0.15) is 0 Å². The number of carboxylic acids is 1. The summed E-state index contributed by atoms with van der Waals surface area (Å²) < 4.78 is 26.5. The molecule has 0 aliphatic rings. The van der Waals surface area contributed by atoms with E-state index < -0.39 is 20.9 Å². The van der Waals surface area contributed by atoms with Crippen LogP contribution in [0.3, 0.4) is 0 Å². The molecule has 21 heavy (non-hydrogen) atoms. The summed E-state index contributed by atoms with van der Waals surface area (Å²) in [6.07, 6.45) is 2.69. The SMILES string of the molecule is O=C(O)c1cc(S(=O)(=O)Nc2ncccn2)c(Cl)cc1Cl. The van der Waals surface area contributed by atoms with Crippen molar-refractivity contribution in [1.82, 2.24) is 9.97 Å². The molecule has 0 saturated carbocycles. The molecule has 2 rings (SSSR count). The van der Waals surface area contributed by atoms with Gasteiger partial charge in [-0.15, -0.1) is 0 Å². The zero-order chi connectivity index (χ0) is 15.6. The second-order valence-corrected chi connectivity index (χ2v) is 6.21. The van der Waals surface area contributed by atoms with Crippen LogP contribution in [0.5, 0.6) is 0 Å². The average molecular weight is 348 g/mol. The Hall–Kier alpha value is -1.90. The minimum Gasteiger partial charge on any atom is -0.478 e. The lowest BCUT2D eigenvalue weighted by Gasteiger charge is -2.09. The molecule has 0 unspecified atom stereocenters. The molecule has 0 amide bonds. The Morgan fingerprint density at radius 1 is 1.14 bits per heavy atom. The van der Waals surface area contributed by atoms with Gasteiger partial charge in [0.1, 0.15) is 4.90 Å². The summed E-state index contributed by atoms with van der Waals surface area (Å²) in [6.45, 7) is 0. The van der Waals surface area contributed by atoms with Crippen LogP contribution in [0.1, 0.15) is 10.4 Å². The maximum atomic E-state index is 12.2. The van der Waals surface area contributed by atoms with E-state index in [-0.39, 0.29) is 21.6 Å². The zero-order valence-corrected chi connectivity index (χ0v) is 12.4. The number of hydrogen-bond acceptors (Lipinski definition) is 5. The van der Waals surface area contributed by atoms with Crippen LogP contribution in [0, 0.1) is 0 Å². The van der Waals surface area contributed by atoms with Crippen molar-refractivity contribution >= 4 is 45.1 Å². The van der Waals surface area contributed by atoms with E-state index in [1.54, 1.807) is 0 Å². The van der Waals surface area contributed by atoms with Crippen molar-refractivity contribution in [3.8, 4) is 0 Å². The molecule has 0 saturated heterocycles. The highest BCUT2D eigenvalue weighted by Crippen LogP contribution is 2.29. The standard InChI is InChI=1S/C11H7Cl2N3O4S/c12-7-5-8(13)9(4-6(7)10(17)18)21(19,20)16-11-14-2-1-3-15-11/h1-5H,(H,17,18)(H,14,15,16). The van der Waals surface area contributed by atoms with E-state index >= 15 is 0 Å². The first-order chi connectivity index (χ1) is 9.81. The fourth-order valence-corrected chi connectivity index (χ4v) is 3.24. The summed E-state index contributed by atoms with van der Waals surface area (Å²) in [5, 5.41) is 8.59. The molecule has 1 heterocycles. The van der Waals surface area contributed by atoms with Crippen LogP contribution in [0.2, 0.25) is 10.0 Å². The highest BCUT2D eigenvalue weighted by molar-refractivity contribution is 7.92. The number of anilines is 1. The molecule has 0 spiro atoms. The molecule has 2 N–H and O–H groups in total. The Morgan fingerprint density at radius 2 is 1.76 bits per heavy atom. The fraction of sp³-hybridized carbons (Fsp3) is 0. The van der Waals surface area contributed by atoms with E-state index in [1.165, 1.54) is 18.5 Å². The van der Waals surface area contributed by atoms with Gasteiger partial charge in [-0.25, -0.2) is 27.9 Å². The van der Waals surface area contributed by atoms with E-state index in [4.69, 9.17) is 28.3 Å². The van der Waals surface area contributed by atoms with Crippen LogP contribution in [0.25, 0.3) is 0 Å². The summed E-state index contributed by atoms with van der Waals surface area (Å²) in [5.41, 5.74) is -0.379. The normalized spacial score (nSPS) is 11.1. The number of nitrogens with zero attached hydrogens (tertiary/aromatic N) is 2. The van der Waals surface area contributed by atoms with Crippen LogP contribution in [0.15, 0.2) is 35.5 Å². The van der Waals surface area contributed by atoms with Crippen molar-refractivity contribution in [2.75, 3.05) is 4.72 Å². The number of rotatable bonds is 4. The van der Waals surface area contributed by atoms with E-state index in [9.17, 15) is 13.2 Å². The molecule has 0 atom stereocenters. The monoisotopic (exact) mass is 347 g/mol. The summed E-state index contributed by atoms with van der Waals surface area (Å²) in [4.78, 5) is 18.0. The number of carbonyl (C=O) groups is 1. The topological polar surface area (TPSA) is 109 Å². The number of nitrogens with one attached hydrogen (secondary N) is 1. The maximum absolute atomic E-state index is 12.2. The average Bonchev–Trinajstić information content (AvgIpc) is 2.38. The van der Waals surface area contributed by atoms with Gasteiger partial charge in [0, 0.05) is 12.4 Å². The van der Waals surface area contributed by atoms with E-state index in [2.05, 4.69) is 14.7 Å². The quantitative estimate of drug-likeness (QED) is 0.877. The molecule has 0 bridgehead atoms. The number of hydrogen-bond donors (Lipinski definition) is 2. The molecule has 0 aliphatic heterocycles. The van der Waals surface area contributed by atoms with Crippen molar-refractivity contribution in [3.63, 3.8) is 0 Å². The smallest absolute Gasteiger partial charge is 0.337 e. The third-order valence-corrected chi connectivity index (χ3v) is 4.44. The van der Waals surface area contributed by atoms with Gasteiger partial charge in [-0.05, 0) is 18.2 Å². The van der Waals surface area contributed by atoms with Crippen LogP contribution in [-0.2, 0) is 10.0 Å². The molecule has 10 heteroatoms. The molecule has 0 fully saturated rings. The van der Waals surface area contributed by atoms with Crippen LogP contribution < -0.4 is 4.72 Å². The predicted octanol–water partition coefficient (Wildman–Crippen LogP) is 2.28. The van der Waals surface area contributed by atoms with Crippen molar-refractivity contribution < 1.29 is 18.3 Å². The third kappa shape index (κ3) is 3.41. The first-order valence-corrected chi connectivity index (χ1v) is 7.57. The molecular formula is C11H7Cl2N3O4S. The molecule has 110 valence electrons. The summed E-state index contributed by atoms with van der Waals surface area (Å²) in [7, 11) is -4.15. The number of carboxylic acid groups (broad SMARTS) is 1. The number of aromatic nitrogens is 2. The molecule has 0 radical (unpaired) electrons. The Labute approximate surface area is 129 Å². The molecule has 1 aromatic carbocycles. The zero-order valence-electron chi connectivity index (χ0n) is 10.1. The second-order valence-electron chi connectivity index (χ2n) is 3.75. The van der Waals surface area contributed by atoms with Gasteiger partial charge in [0.05, 0.1) is 15.6 Å². The number of halogens is 2. The first kappa shape index (κ1) is 15.5. The van der Waals surface area contributed by atoms with E-state index in [0.717, 1.165) is 12.1 Å². The van der Waals surface area contributed by atoms with Gasteiger partial charge in [0.25, 0.3) is 10.0 Å². The lowest BCUT2D eigenvalue weighted by Crippen LogP contribution is -2.16. The summed E-state index contributed by atoms with van der Waals surface area (Å²) in [6, 6.07) is 3.43. The molecular weight excluding hydrogens is 341 g/mol. The number of aromatic carboxylic acids is 1. The fourth-order valence-electron chi connectivity index (χ4n) is 1.43. The van der Waals surface area contributed by atoms with Crippen LogP contribution in [-0.4, -0.2) is 29.5 Å². The predicted molar refractivity (Wildman–Crippen MR) is 76.3 cm³/mol. The minimum atomic E-state index is -4.15. The first-order valence-electron chi connectivity index (χ1n) is 5.33. The summed E-state index contributed by atoms with van der Waals surface area (Å²) >= 11 is 11.5. The Balaban J connectivity index is 2.50. The number of sulfonamides is 1. The highest BCUT2D eigenvalue weighted by atomic mass is 35.5. The van der Waals surface area contributed by atoms with Gasteiger partial charge in [0.15, 0.2) is 0 Å². The van der Waals surface area contributed by atoms with Crippen molar-refractivity contribution in [2.45, 2.75) is 4.90 Å². The maximum Gasteiger partial charge on any atom is 0.337 e. The summed E-state index contributed by atoms with van der Waals surface area (Å²) in [5.74, 6) is -1.54. The van der Waals surface area contributed by atoms with E-state index in [0.29, 0.717) is 0 Å². The molecule has 0 aliphatic carbocycles. The molecule has 2 aromatic rings. The Morgan fingerprint density at radius 3 is 2.33 bits per heavy atom. The lowest BCUT2D eigenvalue weighted by atomic mass is 10.2. The second kappa shape index (κ2) is 5.84.